The Morgan fingerprint density at radius 3 is 2.56 bits per heavy atom. The molecule has 1 atom stereocenters. The largest absolute Gasteiger partial charge is 0.303 e. The highest BCUT2D eigenvalue weighted by molar-refractivity contribution is 5.05. The van der Waals surface area contributed by atoms with Crippen LogP contribution in [0.3, 0.4) is 0 Å². The molecule has 16 heavy (non-hydrogen) atoms. The molecule has 1 saturated carbocycles. The highest BCUT2D eigenvalue weighted by Gasteiger charge is 2.26. The summed E-state index contributed by atoms with van der Waals surface area (Å²) in [6, 6.07) is 3.23. The summed E-state index contributed by atoms with van der Waals surface area (Å²) in [6.07, 6.45) is 7.05. The zero-order valence-electron chi connectivity index (χ0n) is 10.9. The summed E-state index contributed by atoms with van der Waals surface area (Å²) in [5, 5.41) is 12.3. The van der Waals surface area contributed by atoms with E-state index in [4.69, 9.17) is 0 Å². The maximum Gasteiger partial charge on any atom is 0.106 e. The van der Waals surface area contributed by atoms with Crippen LogP contribution < -0.4 is 5.32 Å². The van der Waals surface area contributed by atoms with Gasteiger partial charge in [0.1, 0.15) is 5.54 Å². The molecule has 1 unspecified atom stereocenters. The van der Waals surface area contributed by atoms with Crippen molar-refractivity contribution in [3.05, 3.63) is 0 Å². The monoisotopic (exact) mass is 223 g/mol. The van der Waals surface area contributed by atoms with Crippen LogP contribution in [0.2, 0.25) is 0 Å². The predicted octanol–water partition coefficient (Wildman–Crippen LogP) is 2.14. The molecular weight excluding hydrogens is 198 g/mol. The second-order valence-electron chi connectivity index (χ2n) is 4.97. The first-order valence-electron chi connectivity index (χ1n) is 6.48. The van der Waals surface area contributed by atoms with Crippen LogP contribution in [0.25, 0.3) is 0 Å². The zero-order chi connectivity index (χ0) is 12.0. The van der Waals surface area contributed by atoms with Crippen molar-refractivity contribution in [3.8, 4) is 6.07 Å². The molecule has 1 aliphatic rings. The molecule has 0 spiro atoms. The van der Waals surface area contributed by atoms with E-state index in [2.05, 4.69) is 30.3 Å². The molecule has 0 aliphatic heterocycles. The number of nitriles is 1. The van der Waals surface area contributed by atoms with Crippen LogP contribution in [0.15, 0.2) is 0 Å². The highest BCUT2D eigenvalue weighted by atomic mass is 15.1. The molecule has 1 fully saturated rings. The number of hydrogen-bond acceptors (Lipinski definition) is 3. The van der Waals surface area contributed by atoms with Gasteiger partial charge >= 0.3 is 0 Å². The van der Waals surface area contributed by atoms with Gasteiger partial charge in [0.25, 0.3) is 0 Å². The third-order valence-electron chi connectivity index (χ3n) is 4.11. The van der Waals surface area contributed by atoms with Gasteiger partial charge in [0, 0.05) is 6.04 Å². The van der Waals surface area contributed by atoms with Crippen molar-refractivity contribution in [1.29, 1.82) is 5.26 Å². The summed E-state index contributed by atoms with van der Waals surface area (Å²) < 4.78 is 0. The van der Waals surface area contributed by atoms with Gasteiger partial charge in [-0.05, 0) is 52.7 Å². The molecule has 1 rings (SSSR count). The van der Waals surface area contributed by atoms with Gasteiger partial charge in [-0.2, -0.15) is 5.26 Å². The van der Waals surface area contributed by atoms with E-state index < -0.39 is 0 Å². The van der Waals surface area contributed by atoms with Gasteiger partial charge in [0.05, 0.1) is 6.07 Å². The SMILES string of the molecule is CCC(C#N)(CCCN(C)C1CCC1)NC. The number of rotatable bonds is 7. The molecule has 0 radical (unpaired) electrons. The Morgan fingerprint density at radius 2 is 2.19 bits per heavy atom. The number of hydrogen-bond donors (Lipinski definition) is 1. The molecule has 0 aromatic carbocycles. The molecule has 0 aromatic rings. The lowest BCUT2D eigenvalue weighted by Gasteiger charge is -2.35. The lowest BCUT2D eigenvalue weighted by molar-refractivity contribution is 0.154. The summed E-state index contributed by atoms with van der Waals surface area (Å²) >= 11 is 0. The fourth-order valence-electron chi connectivity index (χ4n) is 2.31. The van der Waals surface area contributed by atoms with Crippen molar-refractivity contribution in [3.63, 3.8) is 0 Å². The molecule has 0 heterocycles. The quantitative estimate of drug-likeness (QED) is 0.719. The van der Waals surface area contributed by atoms with E-state index in [1.165, 1.54) is 19.3 Å². The standard InChI is InChI=1S/C13H25N3/c1-4-13(11-14,15-2)9-6-10-16(3)12-7-5-8-12/h12,15H,4-10H2,1-3H3. The van der Waals surface area contributed by atoms with Crippen molar-refractivity contribution in [2.24, 2.45) is 0 Å². The van der Waals surface area contributed by atoms with Crippen LogP contribution in [0.4, 0.5) is 0 Å². The molecule has 3 nitrogen and oxygen atoms in total. The third-order valence-corrected chi connectivity index (χ3v) is 4.11. The Labute approximate surface area is 99.8 Å². The predicted molar refractivity (Wildman–Crippen MR) is 67.2 cm³/mol. The number of nitrogens with zero attached hydrogens (tertiary/aromatic N) is 2. The van der Waals surface area contributed by atoms with Gasteiger partial charge in [-0.3, -0.25) is 0 Å². The molecule has 0 bridgehead atoms. The third kappa shape index (κ3) is 3.20. The molecule has 0 saturated heterocycles. The van der Waals surface area contributed by atoms with Crippen molar-refractivity contribution >= 4 is 0 Å². The Kier molecular flexibility index (Phi) is 5.24. The molecule has 0 amide bonds. The Bertz CT molecular complexity index is 236. The fourth-order valence-corrected chi connectivity index (χ4v) is 2.31. The van der Waals surface area contributed by atoms with Gasteiger partial charge in [0.2, 0.25) is 0 Å². The van der Waals surface area contributed by atoms with Crippen molar-refractivity contribution in [2.75, 3.05) is 20.6 Å². The minimum Gasteiger partial charge on any atom is -0.303 e. The zero-order valence-corrected chi connectivity index (χ0v) is 10.9. The van der Waals surface area contributed by atoms with E-state index in [9.17, 15) is 5.26 Å². The Balaban J connectivity index is 2.25. The smallest absolute Gasteiger partial charge is 0.106 e. The highest BCUT2D eigenvalue weighted by Crippen LogP contribution is 2.24. The van der Waals surface area contributed by atoms with E-state index in [0.717, 1.165) is 31.8 Å². The average Bonchev–Trinajstić information content (AvgIpc) is 2.23. The first kappa shape index (κ1) is 13.5. The molecule has 1 aliphatic carbocycles. The van der Waals surface area contributed by atoms with Crippen LogP contribution in [-0.4, -0.2) is 37.1 Å². The fraction of sp³-hybridized carbons (Fsp3) is 0.923. The summed E-state index contributed by atoms with van der Waals surface area (Å²) in [6.45, 7) is 3.20. The average molecular weight is 223 g/mol. The van der Waals surface area contributed by atoms with Crippen LogP contribution in [0.1, 0.15) is 45.4 Å². The topological polar surface area (TPSA) is 39.1 Å². The van der Waals surface area contributed by atoms with Crippen molar-refractivity contribution in [2.45, 2.75) is 57.0 Å². The summed E-state index contributed by atoms with van der Waals surface area (Å²) in [5.74, 6) is 0. The van der Waals surface area contributed by atoms with Crippen LogP contribution >= 0.6 is 0 Å². The van der Waals surface area contributed by atoms with Crippen LogP contribution in [-0.2, 0) is 0 Å². The normalized spacial score (nSPS) is 20.2. The van der Waals surface area contributed by atoms with Gasteiger partial charge in [-0.1, -0.05) is 13.3 Å². The minimum absolute atomic E-state index is 0.305. The first-order chi connectivity index (χ1) is 7.67. The lowest BCUT2D eigenvalue weighted by atomic mass is 9.90. The second kappa shape index (κ2) is 6.22. The van der Waals surface area contributed by atoms with E-state index in [-0.39, 0.29) is 5.54 Å². The van der Waals surface area contributed by atoms with Crippen LogP contribution in [0, 0.1) is 11.3 Å². The molecule has 1 N–H and O–H groups in total. The van der Waals surface area contributed by atoms with Gasteiger partial charge in [-0.15, -0.1) is 0 Å². The summed E-state index contributed by atoms with van der Waals surface area (Å²) in [5.41, 5.74) is -0.305. The van der Waals surface area contributed by atoms with Crippen LogP contribution in [0.5, 0.6) is 0 Å². The van der Waals surface area contributed by atoms with Gasteiger partial charge in [0.15, 0.2) is 0 Å². The minimum atomic E-state index is -0.305. The molecule has 3 heteroatoms. The van der Waals surface area contributed by atoms with E-state index in [1.807, 2.05) is 7.05 Å². The molecular formula is C13H25N3. The number of nitrogens with one attached hydrogen (secondary N) is 1. The molecule has 0 aromatic heterocycles. The summed E-state index contributed by atoms with van der Waals surface area (Å²) in [7, 11) is 4.10. The first-order valence-corrected chi connectivity index (χ1v) is 6.48. The maximum absolute atomic E-state index is 9.18. The van der Waals surface area contributed by atoms with E-state index in [1.54, 1.807) is 0 Å². The van der Waals surface area contributed by atoms with Crippen molar-refractivity contribution in [1.82, 2.24) is 10.2 Å². The maximum atomic E-state index is 9.18. The van der Waals surface area contributed by atoms with E-state index >= 15 is 0 Å². The second-order valence-corrected chi connectivity index (χ2v) is 4.97. The lowest BCUT2D eigenvalue weighted by Crippen LogP contribution is -2.42. The van der Waals surface area contributed by atoms with Gasteiger partial charge < -0.3 is 10.2 Å². The Hall–Kier alpha value is -0.590. The summed E-state index contributed by atoms with van der Waals surface area (Å²) in [4.78, 5) is 2.46. The van der Waals surface area contributed by atoms with Gasteiger partial charge in [-0.25, -0.2) is 0 Å². The van der Waals surface area contributed by atoms with Crippen molar-refractivity contribution < 1.29 is 0 Å². The van der Waals surface area contributed by atoms with E-state index in [0.29, 0.717) is 0 Å². The molecule has 92 valence electrons. The Morgan fingerprint density at radius 1 is 1.50 bits per heavy atom.